The zero-order chi connectivity index (χ0) is 16.7. The Morgan fingerprint density at radius 1 is 1.27 bits per heavy atom. The molecule has 0 saturated carbocycles. The van der Waals surface area contributed by atoms with Crippen molar-refractivity contribution in [1.29, 1.82) is 0 Å². The third-order valence-electron chi connectivity index (χ3n) is 3.50. The highest BCUT2D eigenvalue weighted by Crippen LogP contribution is 2.15. The van der Waals surface area contributed by atoms with Gasteiger partial charge in [-0.3, -0.25) is 9.59 Å². The highest BCUT2D eigenvalue weighted by atomic mass is 32.2. The van der Waals surface area contributed by atoms with Gasteiger partial charge in [0.2, 0.25) is 11.8 Å². The molecule has 0 heterocycles. The smallest absolute Gasteiger partial charge is 0.235 e. The van der Waals surface area contributed by atoms with E-state index in [1.165, 1.54) is 11.8 Å². The van der Waals surface area contributed by atoms with Crippen LogP contribution in [0.5, 0.6) is 0 Å². The van der Waals surface area contributed by atoms with Gasteiger partial charge in [0.25, 0.3) is 0 Å². The Balaban J connectivity index is 2.43. The van der Waals surface area contributed by atoms with Crippen LogP contribution in [0.3, 0.4) is 0 Å². The lowest BCUT2D eigenvalue weighted by Gasteiger charge is -2.26. The molecule has 0 aliphatic rings. The third kappa shape index (κ3) is 5.69. The minimum atomic E-state index is -0.275. The number of carbonyl (C=O) groups excluding carboxylic acids is 2. The number of aryl methyl sites for hydroxylation is 1. The van der Waals surface area contributed by atoms with Crippen molar-refractivity contribution in [3.8, 4) is 0 Å². The first-order valence-corrected chi connectivity index (χ1v) is 8.35. The van der Waals surface area contributed by atoms with E-state index in [1.807, 2.05) is 45.0 Å². The average molecular weight is 323 g/mol. The maximum absolute atomic E-state index is 12.2. The SMILES string of the molecule is Cc1ccc(NC(=O)CSC(C)C(=O)N(C)C(C)CN)cc1. The highest BCUT2D eigenvalue weighted by molar-refractivity contribution is 8.01. The number of carbonyl (C=O) groups is 2. The van der Waals surface area contributed by atoms with Crippen LogP contribution in [0.25, 0.3) is 0 Å². The van der Waals surface area contributed by atoms with Crippen molar-refractivity contribution in [2.45, 2.75) is 32.1 Å². The lowest BCUT2D eigenvalue weighted by atomic mass is 10.2. The molecule has 1 aromatic rings. The van der Waals surface area contributed by atoms with Gasteiger partial charge in [-0.1, -0.05) is 17.7 Å². The fraction of sp³-hybridized carbons (Fsp3) is 0.500. The summed E-state index contributed by atoms with van der Waals surface area (Å²) in [4.78, 5) is 25.7. The topological polar surface area (TPSA) is 75.4 Å². The molecule has 0 saturated heterocycles. The first-order chi connectivity index (χ1) is 10.3. The molecular weight excluding hydrogens is 298 g/mol. The van der Waals surface area contributed by atoms with Crippen LogP contribution in [0.1, 0.15) is 19.4 Å². The Bertz CT molecular complexity index is 505. The van der Waals surface area contributed by atoms with Crippen LogP contribution in [-0.2, 0) is 9.59 Å². The zero-order valence-electron chi connectivity index (χ0n) is 13.6. The van der Waals surface area contributed by atoms with Crippen molar-refractivity contribution in [3.63, 3.8) is 0 Å². The molecule has 0 fully saturated rings. The minimum absolute atomic E-state index is 0.00284. The summed E-state index contributed by atoms with van der Waals surface area (Å²) in [5.41, 5.74) is 7.47. The van der Waals surface area contributed by atoms with E-state index in [0.29, 0.717) is 6.54 Å². The maximum atomic E-state index is 12.2. The van der Waals surface area contributed by atoms with Crippen molar-refractivity contribution >= 4 is 29.3 Å². The van der Waals surface area contributed by atoms with Gasteiger partial charge in [0.15, 0.2) is 0 Å². The van der Waals surface area contributed by atoms with Gasteiger partial charge in [-0.05, 0) is 32.9 Å². The van der Waals surface area contributed by atoms with Gasteiger partial charge >= 0.3 is 0 Å². The Labute approximate surface area is 136 Å². The summed E-state index contributed by atoms with van der Waals surface area (Å²) < 4.78 is 0. The second kappa shape index (κ2) is 8.80. The van der Waals surface area contributed by atoms with Crippen molar-refractivity contribution in [3.05, 3.63) is 29.8 Å². The number of rotatable bonds is 7. The van der Waals surface area contributed by atoms with Crippen LogP contribution in [0, 0.1) is 6.92 Å². The van der Waals surface area contributed by atoms with E-state index in [4.69, 9.17) is 5.73 Å². The predicted octanol–water partition coefficient (Wildman–Crippen LogP) is 1.86. The molecule has 0 radical (unpaired) electrons. The standard InChI is InChI=1S/C16H25N3O2S/c1-11-5-7-14(8-6-11)18-15(20)10-22-13(3)16(21)19(4)12(2)9-17/h5-8,12-13H,9-10,17H2,1-4H3,(H,18,20). The van der Waals surface area contributed by atoms with Gasteiger partial charge in [0, 0.05) is 25.3 Å². The summed E-state index contributed by atoms with van der Waals surface area (Å²) in [6, 6.07) is 7.61. The molecule has 2 unspecified atom stereocenters. The number of amides is 2. The summed E-state index contributed by atoms with van der Waals surface area (Å²) in [7, 11) is 1.74. The van der Waals surface area contributed by atoms with E-state index in [1.54, 1.807) is 11.9 Å². The first kappa shape index (κ1) is 18.5. The van der Waals surface area contributed by atoms with Gasteiger partial charge in [-0.2, -0.15) is 0 Å². The summed E-state index contributed by atoms with van der Waals surface area (Å²) in [6.45, 7) is 6.13. The van der Waals surface area contributed by atoms with E-state index in [-0.39, 0.29) is 28.9 Å². The molecule has 0 aliphatic carbocycles. The van der Waals surface area contributed by atoms with Crippen LogP contribution in [-0.4, -0.2) is 47.4 Å². The van der Waals surface area contributed by atoms with Crippen molar-refractivity contribution in [2.24, 2.45) is 5.73 Å². The molecule has 2 atom stereocenters. The molecule has 0 aromatic heterocycles. The van der Waals surface area contributed by atoms with Gasteiger partial charge in [0.1, 0.15) is 0 Å². The monoisotopic (exact) mass is 323 g/mol. The van der Waals surface area contributed by atoms with Gasteiger partial charge in [-0.25, -0.2) is 0 Å². The van der Waals surface area contributed by atoms with Crippen LogP contribution >= 0.6 is 11.8 Å². The molecule has 0 bridgehead atoms. The minimum Gasteiger partial charge on any atom is -0.341 e. The zero-order valence-corrected chi connectivity index (χ0v) is 14.4. The second-order valence-corrected chi connectivity index (χ2v) is 6.73. The number of hydrogen-bond acceptors (Lipinski definition) is 4. The fourth-order valence-electron chi connectivity index (χ4n) is 1.77. The molecule has 0 spiro atoms. The van der Waals surface area contributed by atoms with E-state index >= 15 is 0 Å². The molecule has 5 nitrogen and oxygen atoms in total. The number of hydrogen-bond donors (Lipinski definition) is 2. The van der Waals surface area contributed by atoms with E-state index < -0.39 is 0 Å². The van der Waals surface area contributed by atoms with E-state index in [0.717, 1.165) is 11.3 Å². The number of nitrogens with one attached hydrogen (secondary N) is 1. The van der Waals surface area contributed by atoms with Crippen LogP contribution in [0.15, 0.2) is 24.3 Å². The summed E-state index contributed by atoms with van der Waals surface area (Å²) in [5.74, 6) is 0.125. The quantitative estimate of drug-likeness (QED) is 0.803. The molecule has 6 heteroatoms. The molecular formula is C16H25N3O2S. The van der Waals surface area contributed by atoms with E-state index in [2.05, 4.69) is 5.32 Å². The Hall–Kier alpha value is -1.53. The van der Waals surface area contributed by atoms with E-state index in [9.17, 15) is 9.59 Å². The largest absolute Gasteiger partial charge is 0.341 e. The number of thioether (sulfide) groups is 1. The lowest BCUT2D eigenvalue weighted by Crippen LogP contribution is -2.43. The molecule has 2 amide bonds. The highest BCUT2D eigenvalue weighted by Gasteiger charge is 2.21. The lowest BCUT2D eigenvalue weighted by molar-refractivity contribution is -0.130. The first-order valence-electron chi connectivity index (χ1n) is 7.30. The number of nitrogens with two attached hydrogens (primary N) is 1. The normalized spacial score (nSPS) is 13.3. The summed E-state index contributed by atoms with van der Waals surface area (Å²) in [6.07, 6.45) is 0. The molecule has 1 rings (SSSR count). The molecule has 22 heavy (non-hydrogen) atoms. The number of likely N-dealkylation sites (N-methyl/N-ethyl adjacent to an activating group) is 1. The molecule has 1 aromatic carbocycles. The summed E-state index contributed by atoms with van der Waals surface area (Å²) >= 11 is 1.33. The maximum Gasteiger partial charge on any atom is 0.235 e. The number of anilines is 1. The van der Waals surface area contributed by atoms with Gasteiger partial charge in [-0.15, -0.1) is 11.8 Å². The van der Waals surface area contributed by atoms with Gasteiger partial charge < -0.3 is 16.0 Å². The Morgan fingerprint density at radius 2 is 1.86 bits per heavy atom. The number of benzene rings is 1. The van der Waals surface area contributed by atoms with Crippen molar-refractivity contribution in [1.82, 2.24) is 4.90 Å². The molecule has 3 N–H and O–H groups in total. The fourth-order valence-corrected chi connectivity index (χ4v) is 2.55. The van der Waals surface area contributed by atoms with Crippen molar-refractivity contribution < 1.29 is 9.59 Å². The summed E-state index contributed by atoms with van der Waals surface area (Å²) in [5, 5.41) is 2.55. The van der Waals surface area contributed by atoms with Crippen molar-refractivity contribution in [2.75, 3.05) is 24.7 Å². The second-order valence-electron chi connectivity index (χ2n) is 5.40. The van der Waals surface area contributed by atoms with Crippen LogP contribution < -0.4 is 11.1 Å². The Morgan fingerprint density at radius 3 is 2.41 bits per heavy atom. The van der Waals surface area contributed by atoms with Crippen LogP contribution in [0.4, 0.5) is 5.69 Å². The molecule has 0 aliphatic heterocycles. The van der Waals surface area contributed by atoms with Gasteiger partial charge in [0.05, 0.1) is 11.0 Å². The number of nitrogens with zero attached hydrogens (tertiary/aromatic N) is 1. The van der Waals surface area contributed by atoms with Crippen LogP contribution in [0.2, 0.25) is 0 Å². The molecule has 122 valence electrons. The Kier molecular flexibility index (Phi) is 7.41. The average Bonchev–Trinajstić information content (AvgIpc) is 2.52. The third-order valence-corrected chi connectivity index (χ3v) is 4.63. The predicted molar refractivity (Wildman–Crippen MR) is 93.0 cm³/mol.